The third-order valence-electron chi connectivity index (χ3n) is 6.79. The molecule has 1 saturated carbocycles. The van der Waals surface area contributed by atoms with Crippen molar-refractivity contribution in [2.24, 2.45) is 5.92 Å². The standard InChI is InChI=1S/C28H29Cl2N3O2S2/c1-18-24(28(34)31-14-19-6-3-2-4-7-19)13-26(33(18)15-23-8-5-9-36-23)25-17-37-27(32-25)16-35-22-11-20(29)10-21(30)12-22/h5,8-13,17,19H,2-4,6-7,14-16H2,1H3,(H,31,34). The number of rotatable bonds is 9. The van der Waals surface area contributed by atoms with Crippen LogP contribution in [0.2, 0.25) is 10.0 Å². The van der Waals surface area contributed by atoms with E-state index in [1.165, 1.54) is 48.3 Å². The summed E-state index contributed by atoms with van der Waals surface area (Å²) in [6.45, 7) is 3.77. The zero-order chi connectivity index (χ0) is 25.8. The molecule has 0 bridgehead atoms. The molecule has 1 amide bonds. The number of amides is 1. The van der Waals surface area contributed by atoms with Crippen LogP contribution in [0.3, 0.4) is 0 Å². The van der Waals surface area contributed by atoms with Gasteiger partial charge in [0.1, 0.15) is 17.4 Å². The molecule has 1 fully saturated rings. The van der Waals surface area contributed by atoms with E-state index in [4.69, 9.17) is 32.9 Å². The molecule has 1 aliphatic rings. The third-order valence-corrected chi connectivity index (χ3v) is 8.91. The summed E-state index contributed by atoms with van der Waals surface area (Å²) in [6, 6.07) is 11.3. The Morgan fingerprint density at radius 2 is 1.92 bits per heavy atom. The van der Waals surface area contributed by atoms with Gasteiger partial charge in [-0.15, -0.1) is 22.7 Å². The van der Waals surface area contributed by atoms with Crippen LogP contribution in [0, 0.1) is 12.8 Å². The molecule has 0 saturated heterocycles. The average molecular weight is 575 g/mol. The quantitative estimate of drug-likeness (QED) is 0.219. The van der Waals surface area contributed by atoms with Crippen molar-refractivity contribution in [1.29, 1.82) is 0 Å². The molecular weight excluding hydrogens is 545 g/mol. The van der Waals surface area contributed by atoms with Crippen molar-refractivity contribution >= 4 is 51.8 Å². The predicted octanol–water partition coefficient (Wildman–Crippen LogP) is 8.23. The number of hydrogen-bond acceptors (Lipinski definition) is 5. The van der Waals surface area contributed by atoms with E-state index in [-0.39, 0.29) is 5.91 Å². The van der Waals surface area contributed by atoms with E-state index in [1.54, 1.807) is 29.5 Å². The topological polar surface area (TPSA) is 56.1 Å². The Labute approximate surface area is 235 Å². The normalized spacial score (nSPS) is 14.1. The minimum absolute atomic E-state index is 0.00845. The number of carbonyl (C=O) groups excluding carboxylic acids is 1. The van der Waals surface area contributed by atoms with Gasteiger partial charge in [-0.1, -0.05) is 48.5 Å². The molecule has 5 rings (SSSR count). The van der Waals surface area contributed by atoms with Gasteiger partial charge in [0.25, 0.3) is 5.91 Å². The second-order valence-corrected chi connectivity index (χ2v) is 12.3. The molecule has 194 valence electrons. The van der Waals surface area contributed by atoms with Crippen LogP contribution in [0.1, 0.15) is 58.0 Å². The van der Waals surface area contributed by atoms with Gasteiger partial charge in [-0.2, -0.15) is 0 Å². The maximum Gasteiger partial charge on any atom is 0.253 e. The summed E-state index contributed by atoms with van der Waals surface area (Å²) in [5, 5.41) is 9.18. The van der Waals surface area contributed by atoms with Crippen LogP contribution >= 0.6 is 45.9 Å². The number of carbonyl (C=O) groups is 1. The van der Waals surface area contributed by atoms with Gasteiger partial charge in [-0.3, -0.25) is 4.79 Å². The molecule has 0 atom stereocenters. The van der Waals surface area contributed by atoms with E-state index < -0.39 is 0 Å². The van der Waals surface area contributed by atoms with Gasteiger partial charge in [0, 0.05) is 32.5 Å². The van der Waals surface area contributed by atoms with E-state index in [1.807, 2.05) is 18.4 Å². The summed E-state index contributed by atoms with van der Waals surface area (Å²) in [5.41, 5.74) is 3.42. The second-order valence-electron chi connectivity index (χ2n) is 9.43. The van der Waals surface area contributed by atoms with Crippen molar-refractivity contribution in [2.75, 3.05) is 6.54 Å². The molecule has 9 heteroatoms. The number of benzene rings is 1. The summed E-state index contributed by atoms with van der Waals surface area (Å²) in [6.07, 6.45) is 6.25. The first-order valence-electron chi connectivity index (χ1n) is 12.5. The highest BCUT2D eigenvalue weighted by atomic mass is 35.5. The highest BCUT2D eigenvalue weighted by Crippen LogP contribution is 2.31. The first-order valence-corrected chi connectivity index (χ1v) is 15.0. The maximum atomic E-state index is 13.2. The molecule has 0 aliphatic heterocycles. The number of nitrogens with one attached hydrogen (secondary N) is 1. The number of thiazole rings is 1. The van der Waals surface area contributed by atoms with E-state index in [9.17, 15) is 4.79 Å². The minimum atomic E-state index is -0.00845. The lowest BCUT2D eigenvalue weighted by molar-refractivity contribution is 0.0943. The monoisotopic (exact) mass is 573 g/mol. The van der Waals surface area contributed by atoms with Crippen LogP contribution in [-0.2, 0) is 13.2 Å². The van der Waals surface area contributed by atoms with Crippen LogP contribution in [0.15, 0.2) is 47.2 Å². The fourth-order valence-corrected chi connectivity index (χ4v) is 6.72. The highest BCUT2D eigenvalue weighted by Gasteiger charge is 2.22. The van der Waals surface area contributed by atoms with Crippen LogP contribution in [-0.4, -0.2) is 22.0 Å². The molecular formula is C28H29Cl2N3O2S2. The molecule has 37 heavy (non-hydrogen) atoms. The number of aromatic nitrogens is 2. The summed E-state index contributed by atoms with van der Waals surface area (Å²) in [4.78, 5) is 19.3. The molecule has 5 nitrogen and oxygen atoms in total. The summed E-state index contributed by atoms with van der Waals surface area (Å²) < 4.78 is 8.08. The Bertz CT molecular complexity index is 1340. The number of nitrogens with zero attached hydrogens (tertiary/aromatic N) is 2. The summed E-state index contributed by atoms with van der Waals surface area (Å²) in [7, 11) is 0. The molecule has 3 heterocycles. The number of thiophene rings is 1. The van der Waals surface area contributed by atoms with Gasteiger partial charge >= 0.3 is 0 Å². The lowest BCUT2D eigenvalue weighted by Crippen LogP contribution is -2.30. The van der Waals surface area contributed by atoms with Gasteiger partial charge in [0.15, 0.2) is 0 Å². The third kappa shape index (κ3) is 6.58. The number of ether oxygens (including phenoxy) is 1. The average Bonchev–Trinajstić information content (AvgIpc) is 3.63. The smallest absolute Gasteiger partial charge is 0.253 e. The number of hydrogen-bond donors (Lipinski definition) is 1. The van der Waals surface area contributed by atoms with Gasteiger partial charge < -0.3 is 14.6 Å². The van der Waals surface area contributed by atoms with Gasteiger partial charge in [0.2, 0.25) is 0 Å². The predicted molar refractivity (Wildman–Crippen MR) is 153 cm³/mol. The first-order chi connectivity index (χ1) is 18.0. The Hall–Kier alpha value is -2.32. The van der Waals surface area contributed by atoms with E-state index in [2.05, 4.69) is 27.4 Å². The van der Waals surface area contributed by atoms with Crippen molar-refractivity contribution in [3.63, 3.8) is 0 Å². The molecule has 3 aromatic heterocycles. The van der Waals surface area contributed by atoms with Gasteiger partial charge in [-0.05, 0) is 61.4 Å². The van der Waals surface area contributed by atoms with Crippen molar-refractivity contribution in [1.82, 2.24) is 14.9 Å². The van der Waals surface area contributed by atoms with Crippen LogP contribution in [0.25, 0.3) is 11.4 Å². The lowest BCUT2D eigenvalue weighted by Gasteiger charge is -2.21. The lowest BCUT2D eigenvalue weighted by atomic mass is 9.89. The van der Waals surface area contributed by atoms with Crippen LogP contribution < -0.4 is 10.1 Å². The molecule has 1 N–H and O–H groups in total. The van der Waals surface area contributed by atoms with E-state index >= 15 is 0 Å². The Kier molecular flexibility index (Phi) is 8.55. The van der Waals surface area contributed by atoms with E-state index in [0.717, 1.165) is 28.6 Å². The zero-order valence-electron chi connectivity index (χ0n) is 20.6. The number of halogens is 2. The SMILES string of the molecule is Cc1c(C(=O)NCC2CCCCC2)cc(-c2csc(COc3cc(Cl)cc(Cl)c3)n2)n1Cc1cccs1. The fraction of sp³-hybridized carbons (Fsp3) is 0.357. The maximum absolute atomic E-state index is 13.2. The van der Waals surface area contributed by atoms with Gasteiger partial charge in [-0.25, -0.2) is 4.98 Å². The Balaban J connectivity index is 1.36. The Morgan fingerprint density at radius 3 is 2.65 bits per heavy atom. The zero-order valence-corrected chi connectivity index (χ0v) is 23.8. The highest BCUT2D eigenvalue weighted by molar-refractivity contribution is 7.10. The van der Waals surface area contributed by atoms with Gasteiger partial charge in [0.05, 0.1) is 23.5 Å². The van der Waals surface area contributed by atoms with Crippen molar-refractivity contribution in [3.05, 3.63) is 78.3 Å². The van der Waals surface area contributed by atoms with E-state index in [0.29, 0.717) is 40.4 Å². The molecule has 1 aliphatic carbocycles. The Morgan fingerprint density at radius 1 is 1.14 bits per heavy atom. The largest absolute Gasteiger partial charge is 0.486 e. The van der Waals surface area contributed by atoms with Crippen molar-refractivity contribution in [3.8, 4) is 17.1 Å². The molecule has 1 aromatic carbocycles. The minimum Gasteiger partial charge on any atom is -0.486 e. The summed E-state index contributed by atoms with van der Waals surface area (Å²) >= 11 is 15.4. The molecule has 4 aromatic rings. The summed E-state index contributed by atoms with van der Waals surface area (Å²) in [5.74, 6) is 1.18. The molecule has 0 radical (unpaired) electrons. The molecule has 0 unspecified atom stereocenters. The second kappa shape index (κ2) is 12.0. The fourth-order valence-electron chi connectivity index (χ4n) is 4.82. The van der Waals surface area contributed by atoms with Crippen LogP contribution in [0.4, 0.5) is 0 Å². The molecule has 0 spiro atoms. The van der Waals surface area contributed by atoms with Crippen LogP contribution in [0.5, 0.6) is 5.75 Å². The first kappa shape index (κ1) is 26.3. The van der Waals surface area contributed by atoms with Crippen molar-refractivity contribution in [2.45, 2.75) is 52.2 Å². The van der Waals surface area contributed by atoms with Crippen molar-refractivity contribution < 1.29 is 9.53 Å².